The van der Waals surface area contributed by atoms with Crippen molar-refractivity contribution in [1.29, 1.82) is 0 Å². The van der Waals surface area contributed by atoms with Gasteiger partial charge in [-0.2, -0.15) is 0 Å². The van der Waals surface area contributed by atoms with Crippen molar-refractivity contribution >= 4 is 22.9 Å². The van der Waals surface area contributed by atoms with Crippen LogP contribution in [0.1, 0.15) is 11.9 Å². The molecule has 2 aromatic carbocycles. The molecule has 1 fully saturated rings. The smallest absolute Gasteiger partial charge is 0.238 e. The summed E-state index contributed by atoms with van der Waals surface area (Å²) in [5.74, 6) is 0.417. The van der Waals surface area contributed by atoms with Crippen LogP contribution in [-0.4, -0.2) is 60.0 Å². The molecule has 1 N–H and O–H groups in total. The Labute approximate surface area is 191 Å². The van der Waals surface area contributed by atoms with Gasteiger partial charge in [0, 0.05) is 37.1 Å². The maximum atomic E-state index is 13.1. The molecule has 3 aromatic rings. The van der Waals surface area contributed by atoms with Crippen LogP contribution in [0.2, 0.25) is 0 Å². The molecule has 1 aliphatic rings. The fraction of sp³-hybridized carbons (Fsp3) is 0.333. The second kappa shape index (κ2) is 10.7. The highest BCUT2D eigenvalue weighted by atomic mass is 32.1. The van der Waals surface area contributed by atoms with Crippen LogP contribution in [0.15, 0.2) is 53.9 Å². The van der Waals surface area contributed by atoms with Crippen molar-refractivity contribution in [2.45, 2.75) is 13.5 Å². The number of thiazole rings is 1. The Morgan fingerprint density at radius 1 is 1.09 bits per heavy atom. The predicted molar refractivity (Wildman–Crippen MR) is 125 cm³/mol. The number of halogens is 1. The van der Waals surface area contributed by atoms with Gasteiger partial charge in [0.05, 0.1) is 31.1 Å². The summed E-state index contributed by atoms with van der Waals surface area (Å²) < 4.78 is 18.7. The van der Waals surface area contributed by atoms with Gasteiger partial charge in [0.1, 0.15) is 16.6 Å². The molecule has 1 saturated heterocycles. The summed E-state index contributed by atoms with van der Waals surface area (Å²) in [5.41, 5.74) is 2.52. The molecule has 4 rings (SSSR count). The third-order valence-corrected chi connectivity index (χ3v) is 6.18. The van der Waals surface area contributed by atoms with Crippen molar-refractivity contribution in [2.75, 3.05) is 44.6 Å². The number of nitrogens with one attached hydrogen (secondary N) is 1. The van der Waals surface area contributed by atoms with Crippen LogP contribution in [0, 0.1) is 5.82 Å². The number of aromatic nitrogens is 1. The zero-order chi connectivity index (χ0) is 22.3. The maximum Gasteiger partial charge on any atom is 0.238 e. The van der Waals surface area contributed by atoms with Crippen LogP contribution in [0.3, 0.4) is 0 Å². The van der Waals surface area contributed by atoms with Gasteiger partial charge in [-0.25, -0.2) is 9.37 Å². The zero-order valence-electron chi connectivity index (χ0n) is 18.1. The number of para-hydroxylation sites is 2. The summed E-state index contributed by atoms with van der Waals surface area (Å²) in [4.78, 5) is 21.7. The van der Waals surface area contributed by atoms with E-state index in [0.29, 0.717) is 24.6 Å². The Kier molecular flexibility index (Phi) is 7.47. The number of benzene rings is 2. The van der Waals surface area contributed by atoms with Crippen molar-refractivity contribution in [3.05, 3.63) is 64.7 Å². The van der Waals surface area contributed by atoms with Crippen LogP contribution in [-0.2, 0) is 11.3 Å². The number of piperazine rings is 1. The van der Waals surface area contributed by atoms with Crippen LogP contribution < -0.4 is 10.1 Å². The number of amides is 1. The van der Waals surface area contributed by atoms with Gasteiger partial charge in [-0.15, -0.1) is 11.3 Å². The van der Waals surface area contributed by atoms with E-state index in [0.717, 1.165) is 49.0 Å². The first-order valence-electron chi connectivity index (χ1n) is 10.8. The largest absolute Gasteiger partial charge is 0.492 e. The van der Waals surface area contributed by atoms with E-state index in [1.54, 1.807) is 23.5 Å². The van der Waals surface area contributed by atoms with Crippen LogP contribution in [0.5, 0.6) is 5.75 Å². The molecule has 1 aliphatic heterocycles. The molecule has 0 unspecified atom stereocenters. The molecule has 8 heteroatoms. The number of carbonyl (C=O) groups is 1. The molecule has 0 saturated carbocycles. The number of ether oxygens (including phenoxy) is 1. The van der Waals surface area contributed by atoms with Crippen molar-refractivity contribution in [1.82, 2.24) is 14.8 Å². The van der Waals surface area contributed by atoms with Crippen molar-refractivity contribution in [2.24, 2.45) is 0 Å². The van der Waals surface area contributed by atoms with Crippen LogP contribution >= 0.6 is 11.3 Å². The minimum Gasteiger partial charge on any atom is -0.492 e. The summed E-state index contributed by atoms with van der Waals surface area (Å²) in [7, 11) is 0. The summed E-state index contributed by atoms with van der Waals surface area (Å²) in [6, 6.07) is 13.9. The minimum absolute atomic E-state index is 0.0329. The SMILES string of the molecule is CCOc1ccccc1NC(=O)CN1CCN(Cc2nc(-c3ccc(F)cc3)cs2)CC1. The molecule has 6 nitrogen and oxygen atoms in total. The summed E-state index contributed by atoms with van der Waals surface area (Å²) in [6.45, 7) is 7.05. The Morgan fingerprint density at radius 2 is 1.81 bits per heavy atom. The molecule has 1 amide bonds. The molecular weight excluding hydrogens is 427 g/mol. The lowest BCUT2D eigenvalue weighted by Gasteiger charge is -2.33. The van der Waals surface area contributed by atoms with Crippen LogP contribution in [0.4, 0.5) is 10.1 Å². The van der Waals surface area contributed by atoms with Crippen molar-refractivity contribution in [3.8, 4) is 17.0 Å². The molecule has 0 bridgehead atoms. The van der Waals surface area contributed by atoms with Gasteiger partial charge in [-0.1, -0.05) is 12.1 Å². The van der Waals surface area contributed by atoms with Crippen LogP contribution in [0.25, 0.3) is 11.3 Å². The Hall–Kier alpha value is -2.81. The average molecular weight is 455 g/mol. The maximum absolute atomic E-state index is 13.1. The highest BCUT2D eigenvalue weighted by Gasteiger charge is 2.20. The standard InChI is InChI=1S/C24H27FN4O2S/c1-2-31-22-6-4-3-5-20(22)26-23(30)15-28-11-13-29(14-12-28)16-24-27-21(17-32-24)18-7-9-19(25)10-8-18/h3-10,17H,2,11-16H2,1H3,(H,26,30). The quantitative estimate of drug-likeness (QED) is 0.555. The summed E-state index contributed by atoms with van der Waals surface area (Å²) >= 11 is 1.62. The second-order valence-electron chi connectivity index (χ2n) is 7.66. The first-order chi connectivity index (χ1) is 15.6. The normalized spacial score (nSPS) is 14.9. The number of rotatable bonds is 8. The lowest BCUT2D eigenvalue weighted by Crippen LogP contribution is -2.48. The first kappa shape index (κ1) is 22.4. The average Bonchev–Trinajstić information content (AvgIpc) is 3.25. The van der Waals surface area contributed by atoms with Gasteiger partial charge in [0.25, 0.3) is 0 Å². The van der Waals surface area contributed by atoms with Gasteiger partial charge in [0.15, 0.2) is 0 Å². The highest BCUT2D eigenvalue weighted by Crippen LogP contribution is 2.24. The highest BCUT2D eigenvalue weighted by molar-refractivity contribution is 7.09. The molecule has 32 heavy (non-hydrogen) atoms. The van der Waals surface area contributed by atoms with Crippen molar-refractivity contribution < 1.29 is 13.9 Å². The molecule has 2 heterocycles. The van der Waals surface area contributed by atoms with E-state index in [4.69, 9.17) is 9.72 Å². The number of nitrogens with zero attached hydrogens (tertiary/aromatic N) is 3. The molecule has 0 radical (unpaired) electrons. The van der Waals surface area contributed by atoms with Crippen molar-refractivity contribution in [3.63, 3.8) is 0 Å². The minimum atomic E-state index is -0.241. The lowest BCUT2D eigenvalue weighted by atomic mass is 10.2. The molecular formula is C24H27FN4O2S. The Morgan fingerprint density at radius 3 is 2.56 bits per heavy atom. The topological polar surface area (TPSA) is 57.7 Å². The molecule has 1 aromatic heterocycles. The molecule has 168 valence electrons. The number of hydrogen-bond donors (Lipinski definition) is 1. The monoisotopic (exact) mass is 454 g/mol. The number of anilines is 1. The third kappa shape index (κ3) is 5.91. The van der Waals surface area contributed by atoms with E-state index < -0.39 is 0 Å². The van der Waals surface area contributed by atoms with E-state index in [-0.39, 0.29) is 11.7 Å². The van der Waals surface area contributed by atoms with Gasteiger partial charge in [-0.3, -0.25) is 14.6 Å². The summed E-state index contributed by atoms with van der Waals surface area (Å²) in [6.07, 6.45) is 0. The summed E-state index contributed by atoms with van der Waals surface area (Å²) in [5, 5.41) is 6.03. The van der Waals surface area contributed by atoms with E-state index in [1.165, 1.54) is 12.1 Å². The lowest BCUT2D eigenvalue weighted by molar-refractivity contribution is -0.117. The van der Waals surface area contributed by atoms with E-state index in [2.05, 4.69) is 15.1 Å². The van der Waals surface area contributed by atoms with Gasteiger partial charge in [-0.05, 0) is 43.3 Å². The Balaban J connectivity index is 1.24. The number of carbonyl (C=O) groups excluding carboxylic acids is 1. The fourth-order valence-electron chi connectivity index (χ4n) is 3.68. The van der Waals surface area contributed by atoms with Gasteiger partial charge in [0.2, 0.25) is 5.91 Å². The van der Waals surface area contributed by atoms with E-state index >= 15 is 0 Å². The second-order valence-corrected chi connectivity index (χ2v) is 8.61. The Bertz CT molecular complexity index is 1030. The van der Waals surface area contributed by atoms with Gasteiger partial charge >= 0.3 is 0 Å². The third-order valence-electron chi connectivity index (χ3n) is 5.34. The van der Waals surface area contributed by atoms with E-state index in [9.17, 15) is 9.18 Å². The first-order valence-corrected chi connectivity index (χ1v) is 11.7. The van der Waals surface area contributed by atoms with E-state index in [1.807, 2.05) is 36.6 Å². The molecule has 0 aliphatic carbocycles. The predicted octanol–water partition coefficient (Wildman–Crippen LogP) is 4.10. The molecule has 0 atom stereocenters. The zero-order valence-corrected chi connectivity index (χ0v) is 18.9. The fourth-order valence-corrected chi connectivity index (χ4v) is 4.52. The number of hydrogen-bond acceptors (Lipinski definition) is 6. The molecule has 0 spiro atoms. The van der Waals surface area contributed by atoms with Gasteiger partial charge < -0.3 is 10.1 Å².